The summed E-state index contributed by atoms with van der Waals surface area (Å²) in [5.74, 6) is -0.765. The van der Waals surface area contributed by atoms with E-state index in [1.165, 1.54) is 11.8 Å². The molecular formula is C14H15BrN2O2S. The van der Waals surface area contributed by atoms with Crippen molar-refractivity contribution in [1.29, 1.82) is 0 Å². The second-order valence-electron chi connectivity index (χ2n) is 4.29. The van der Waals surface area contributed by atoms with Gasteiger partial charge in [0.15, 0.2) is 0 Å². The van der Waals surface area contributed by atoms with Crippen LogP contribution in [0.4, 0.5) is 0 Å². The lowest BCUT2D eigenvalue weighted by Crippen LogP contribution is -2.05. The molecular weight excluding hydrogens is 340 g/mol. The summed E-state index contributed by atoms with van der Waals surface area (Å²) in [5, 5.41) is 14.2. The summed E-state index contributed by atoms with van der Waals surface area (Å²) >= 11 is 4.72. The number of carboxylic acids is 1. The molecule has 0 spiro atoms. The maximum Gasteiger partial charge on any atom is 0.313 e. The van der Waals surface area contributed by atoms with Crippen molar-refractivity contribution in [3.8, 4) is 0 Å². The minimum Gasteiger partial charge on any atom is -0.481 e. The van der Waals surface area contributed by atoms with Gasteiger partial charge in [-0.3, -0.25) is 9.48 Å². The van der Waals surface area contributed by atoms with Crippen molar-refractivity contribution in [2.24, 2.45) is 0 Å². The molecule has 20 heavy (non-hydrogen) atoms. The Kier molecular flexibility index (Phi) is 5.25. The molecule has 0 aliphatic carbocycles. The standard InChI is InChI=1S/C14H15BrN2O2S/c1-2-12-7-13(20-9-14(18)19)17(16-12)8-10-3-5-11(15)6-4-10/h3-7H,2,8-9H2,1H3,(H,18,19). The van der Waals surface area contributed by atoms with Crippen LogP contribution < -0.4 is 0 Å². The first-order chi connectivity index (χ1) is 9.58. The van der Waals surface area contributed by atoms with Crippen molar-refractivity contribution in [3.63, 3.8) is 0 Å². The topological polar surface area (TPSA) is 55.1 Å². The van der Waals surface area contributed by atoms with E-state index in [2.05, 4.69) is 21.0 Å². The Labute approximate surface area is 130 Å². The van der Waals surface area contributed by atoms with Crippen molar-refractivity contribution in [2.45, 2.75) is 24.9 Å². The lowest BCUT2D eigenvalue weighted by Gasteiger charge is -2.06. The van der Waals surface area contributed by atoms with Gasteiger partial charge in [0.1, 0.15) is 0 Å². The molecule has 106 valence electrons. The number of hydrogen-bond acceptors (Lipinski definition) is 3. The molecule has 1 N–H and O–H groups in total. The van der Waals surface area contributed by atoms with E-state index in [9.17, 15) is 4.79 Å². The van der Waals surface area contributed by atoms with Crippen molar-refractivity contribution < 1.29 is 9.90 Å². The molecule has 0 amide bonds. The molecule has 0 aliphatic heterocycles. The zero-order chi connectivity index (χ0) is 14.5. The van der Waals surface area contributed by atoms with Crippen LogP contribution in [0, 0.1) is 0 Å². The molecule has 2 aromatic rings. The van der Waals surface area contributed by atoms with Crippen LogP contribution in [0.3, 0.4) is 0 Å². The van der Waals surface area contributed by atoms with Crippen LogP contribution in [0.2, 0.25) is 0 Å². The highest BCUT2D eigenvalue weighted by molar-refractivity contribution is 9.10. The van der Waals surface area contributed by atoms with Gasteiger partial charge in [0.05, 0.1) is 23.0 Å². The number of hydrogen-bond donors (Lipinski definition) is 1. The molecule has 6 heteroatoms. The van der Waals surface area contributed by atoms with Crippen molar-refractivity contribution >= 4 is 33.7 Å². The second kappa shape index (κ2) is 6.95. The van der Waals surface area contributed by atoms with Crippen LogP contribution in [-0.2, 0) is 17.8 Å². The average Bonchev–Trinajstić information content (AvgIpc) is 2.81. The highest BCUT2D eigenvalue weighted by Crippen LogP contribution is 2.21. The lowest BCUT2D eigenvalue weighted by atomic mass is 10.2. The first kappa shape index (κ1) is 15.1. The molecule has 0 saturated heterocycles. The van der Waals surface area contributed by atoms with Gasteiger partial charge < -0.3 is 5.11 Å². The van der Waals surface area contributed by atoms with Crippen LogP contribution in [0.15, 0.2) is 39.8 Å². The summed E-state index contributed by atoms with van der Waals surface area (Å²) in [6.45, 7) is 2.69. The Morgan fingerprint density at radius 1 is 1.40 bits per heavy atom. The lowest BCUT2D eigenvalue weighted by molar-refractivity contribution is -0.133. The Hall–Kier alpha value is -1.27. The number of aryl methyl sites for hydroxylation is 1. The molecule has 0 bridgehead atoms. The number of carboxylic acid groups (broad SMARTS) is 1. The van der Waals surface area contributed by atoms with E-state index in [4.69, 9.17) is 5.11 Å². The van der Waals surface area contributed by atoms with E-state index in [0.717, 1.165) is 27.2 Å². The van der Waals surface area contributed by atoms with E-state index in [-0.39, 0.29) is 5.75 Å². The predicted molar refractivity (Wildman–Crippen MR) is 83.2 cm³/mol. The summed E-state index contributed by atoms with van der Waals surface area (Å²) in [4.78, 5) is 10.7. The number of rotatable bonds is 6. The van der Waals surface area contributed by atoms with Crippen LogP contribution in [0.5, 0.6) is 0 Å². The average molecular weight is 355 g/mol. The third-order valence-corrected chi connectivity index (χ3v) is 4.29. The van der Waals surface area contributed by atoms with E-state index >= 15 is 0 Å². The van der Waals surface area contributed by atoms with Gasteiger partial charge in [-0.25, -0.2) is 0 Å². The van der Waals surface area contributed by atoms with E-state index in [1.54, 1.807) is 0 Å². The van der Waals surface area contributed by atoms with Gasteiger partial charge >= 0.3 is 5.97 Å². The summed E-state index contributed by atoms with van der Waals surface area (Å²) < 4.78 is 2.91. The van der Waals surface area contributed by atoms with Crippen LogP contribution in [0.25, 0.3) is 0 Å². The number of carbonyl (C=O) groups is 1. The zero-order valence-corrected chi connectivity index (χ0v) is 13.4. The molecule has 0 aliphatic rings. The maximum atomic E-state index is 10.7. The first-order valence-electron chi connectivity index (χ1n) is 6.24. The van der Waals surface area contributed by atoms with E-state index in [1.807, 2.05) is 41.9 Å². The van der Waals surface area contributed by atoms with Crippen LogP contribution >= 0.6 is 27.7 Å². The summed E-state index contributed by atoms with van der Waals surface area (Å²) in [6.07, 6.45) is 0.841. The van der Waals surface area contributed by atoms with Gasteiger partial charge in [0.25, 0.3) is 0 Å². The molecule has 0 atom stereocenters. The van der Waals surface area contributed by atoms with Crippen molar-refractivity contribution in [2.75, 3.05) is 5.75 Å². The molecule has 1 aromatic heterocycles. The Morgan fingerprint density at radius 2 is 2.10 bits per heavy atom. The molecule has 0 saturated carbocycles. The first-order valence-corrected chi connectivity index (χ1v) is 8.02. The molecule has 0 radical (unpaired) electrons. The fourth-order valence-electron chi connectivity index (χ4n) is 1.75. The molecule has 2 rings (SSSR count). The quantitative estimate of drug-likeness (QED) is 0.807. The Morgan fingerprint density at radius 3 is 2.70 bits per heavy atom. The van der Waals surface area contributed by atoms with Crippen LogP contribution in [0.1, 0.15) is 18.2 Å². The molecule has 4 nitrogen and oxygen atoms in total. The summed E-state index contributed by atoms with van der Waals surface area (Å²) in [6, 6.07) is 10.0. The van der Waals surface area contributed by atoms with Gasteiger partial charge in [0.2, 0.25) is 0 Å². The fraction of sp³-hybridized carbons (Fsp3) is 0.286. The second-order valence-corrected chi connectivity index (χ2v) is 6.21. The smallest absolute Gasteiger partial charge is 0.313 e. The minimum absolute atomic E-state index is 0.0508. The Balaban J connectivity index is 2.18. The monoisotopic (exact) mass is 354 g/mol. The van der Waals surface area contributed by atoms with Gasteiger partial charge in [-0.2, -0.15) is 5.10 Å². The molecule has 1 aromatic carbocycles. The molecule has 0 fully saturated rings. The third kappa shape index (κ3) is 4.11. The molecule has 1 heterocycles. The van der Waals surface area contributed by atoms with Gasteiger partial charge in [0, 0.05) is 4.47 Å². The maximum absolute atomic E-state index is 10.7. The Bertz CT molecular complexity index is 596. The summed E-state index contributed by atoms with van der Waals surface area (Å²) in [7, 11) is 0. The fourth-order valence-corrected chi connectivity index (χ4v) is 2.76. The highest BCUT2D eigenvalue weighted by atomic mass is 79.9. The number of nitrogens with zero attached hydrogens (tertiary/aromatic N) is 2. The largest absolute Gasteiger partial charge is 0.481 e. The molecule has 0 unspecified atom stereocenters. The van der Waals surface area contributed by atoms with Gasteiger partial charge in [-0.1, -0.05) is 46.7 Å². The van der Waals surface area contributed by atoms with Gasteiger partial charge in [-0.15, -0.1) is 0 Å². The number of aromatic nitrogens is 2. The summed E-state index contributed by atoms with van der Waals surface area (Å²) in [5.41, 5.74) is 2.12. The minimum atomic E-state index is -0.815. The third-order valence-electron chi connectivity index (χ3n) is 2.75. The van der Waals surface area contributed by atoms with Crippen molar-refractivity contribution in [3.05, 3.63) is 46.1 Å². The normalized spacial score (nSPS) is 10.7. The number of benzene rings is 1. The zero-order valence-electron chi connectivity index (χ0n) is 11.0. The highest BCUT2D eigenvalue weighted by Gasteiger charge is 2.10. The number of aliphatic carboxylic acids is 1. The van der Waals surface area contributed by atoms with Gasteiger partial charge in [-0.05, 0) is 30.2 Å². The van der Waals surface area contributed by atoms with Crippen LogP contribution in [-0.4, -0.2) is 26.6 Å². The SMILES string of the molecule is CCc1cc(SCC(=O)O)n(Cc2ccc(Br)cc2)n1. The van der Waals surface area contributed by atoms with E-state index < -0.39 is 5.97 Å². The van der Waals surface area contributed by atoms with E-state index in [0.29, 0.717) is 6.54 Å². The number of thioether (sulfide) groups is 1. The van der Waals surface area contributed by atoms with Crippen molar-refractivity contribution in [1.82, 2.24) is 9.78 Å². The predicted octanol–water partition coefficient (Wildman–Crippen LogP) is 3.43. The number of halogens is 1.